The second-order valence-corrected chi connectivity index (χ2v) is 12.3. The molecule has 0 aliphatic heterocycles. The van der Waals surface area contributed by atoms with Gasteiger partial charge in [0.1, 0.15) is 0 Å². The summed E-state index contributed by atoms with van der Waals surface area (Å²) in [6.07, 6.45) is 0. The number of benzene rings is 4. The summed E-state index contributed by atoms with van der Waals surface area (Å²) in [6.45, 7) is 3.67. The molecule has 0 saturated carbocycles. The lowest BCUT2D eigenvalue weighted by atomic mass is 10.2. The van der Waals surface area contributed by atoms with Gasteiger partial charge in [-0.15, -0.1) is 0 Å². The second kappa shape index (κ2) is 10.9. The third kappa shape index (κ3) is 6.52. The van der Waals surface area contributed by atoms with Gasteiger partial charge in [-0.3, -0.25) is 14.2 Å². The fourth-order valence-corrected chi connectivity index (χ4v) is 5.73. The summed E-state index contributed by atoms with van der Waals surface area (Å²) < 4.78 is 55.7. The molecule has 4 aromatic rings. The Hall–Kier alpha value is -3.86. The molecule has 0 aliphatic rings. The quantitative estimate of drug-likeness (QED) is 0.247. The number of carbonyl (C=O) groups is 1. The van der Waals surface area contributed by atoms with Gasteiger partial charge in [0.2, 0.25) is 0 Å². The average molecular weight is 570 g/mol. The lowest BCUT2D eigenvalue weighted by Gasteiger charge is -2.11. The number of carbonyl (C=O) groups excluding carboxylic acids is 1. The summed E-state index contributed by atoms with van der Waals surface area (Å²) in [7, 11) is -7.70. The zero-order valence-electron chi connectivity index (χ0n) is 20.4. The van der Waals surface area contributed by atoms with E-state index in [0.29, 0.717) is 16.4 Å². The van der Waals surface area contributed by atoms with Crippen LogP contribution in [-0.2, 0) is 20.0 Å². The Morgan fingerprint density at radius 3 is 1.76 bits per heavy atom. The summed E-state index contributed by atoms with van der Waals surface area (Å²) in [5, 5.41) is 3.12. The van der Waals surface area contributed by atoms with Gasteiger partial charge in [0.05, 0.1) is 15.5 Å². The van der Waals surface area contributed by atoms with Crippen LogP contribution in [0, 0.1) is 13.8 Å². The molecule has 0 saturated heterocycles. The molecular formula is C27H24ClN3O5S2. The highest BCUT2D eigenvalue weighted by Gasteiger charge is 2.17. The SMILES string of the molecule is Cc1ccc(S(=O)(=O)Nc2cccc(C(=O)Nc3ccc(S(=O)(=O)Nc4ccc(C)c(Cl)c4)cc3)c2)cc1. The minimum Gasteiger partial charge on any atom is -0.322 e. The molecule has 38 heavy (non-hydrogen) atoms. The zero-order chi connectivity index (χ0) is 27.5. The highest BCUT2D eigenvalue weighted by Crippen LogP contribution is 2.24. The van der Waals surface area contributed by atoms with Gasteiger partial charge in [-0.2, -0.15) is 0 Å². The van der Waals surface area contributed by atoms with Crippen molar-refractivity contribution < 1.29 is 21.6 Å². The summed E-state index contributed by atoms with van der Waals surface area (Å²) in [5.41, 5.74) is 2.88. The first-order chi connectivity index (χ1) is 17.9. The van der Waals surface area contributed by atoms with Gasteiger partial charge in [0, 0.05) is 22.0 Å². The fraction of sp³-hybridized carbons (Fsp3) is 0.0741. The molecule has 8 nitrogen and oxygen atoms in total. The molecule has 0 fully saturated rings. The van der Waals surface area contributed by atoms with Crippen molar-refractivity contribution in [3.05, 3.63) is 113 Å². The van der Waals surface area contributed by atoms with E-state index in [-0.39, 0.29) is 21.0 Å². The number of anilines is 3. The van der Waals surface area contributed by atoms with E-state index in [1.807, 2.05) is 13.8 Å². The van der Waals surface area contributed by atoms with E-state index in [1.54, 1.807) is 30.3 Å². The number of amides is 1. The van der Waals surface area contributed by atoms with Crippen molar-refractivity contribution in [2.24, 2.45) is 0 Å². The minimum absolute atomic E-state index is 0.000272. The molecule has 0 atom stereocenters. The van der Waals surface area contributed by atoms with Crippen LogP contribution in [0.25, 0.3) is 0 Å². The number of rotatable bonds is 8. The van der Waals surface area contributed by atoms with Gasteiger partial charge in [-0.05, 0) is 86.1 Å². The van der Waals surface area contributed by atoms with Crippen LogP contribution in [0.2, 0.25) is 5.02 Å². The molecule has 0 heterocycles. The van der Waals surface area contributed by atoms with Gasteiger partial charge in [-0.1, -0.05) is 41.4 Å². The van der Waals surface area contributed by atoms with E-state index in [4.69, 9.17) is 11.6 Å². The number of aryl methyl sites for hydroxylation is 2. The van der Waals surface area contributed by atoms with E-state index < -0.39 is 26.0 Å². The lowest BCUT2D eigenvalue weighted by molar-refractivity contribution is 0.102. The van der Waals surface area contributed by atoms with Crippen LogP contribution < -0.4 is 14.8 Å². The first kappa shape index (κ1) is 27.2. The fourth-order valence-electron chi connectivity index (χ4n) is 3.45. The standard InChI is InChI=1S/C27H24ClN3O5S2/c1-18-6-12-24(13-7-18)37(33,34)30-22-5-3-4-20(16-22)27(32)29-21-10-14-25(15-11-21)38(35,36)31-23-9-8-19(2)26(28)17-23/h3-17,30-31H,1-2H3,(H,29,32). The van der Waals surface area contributed by atoms with Crippen LogP contribution in [-0.4, -0.2) is 22.7 Å². The lowest BCUT2D eigenvalue weighted by Crippen LogP contribution is -2.15. The van der Waals surface area contributed by atoms with Crippen LogP contribution >= 0.6 is 11.6 Å². The third-order valence-corrected chi connectivity index (χ3v) is 8.76. The number of nitrogens with one attached hydrogen (secondary N) is 3. The predicted octanol–water partition coefficient (Wildman–Crippen LogP) is 5.81. The topological polar surface area (TPSA) is 121 Å². The smallest absolute Gasteiger partial charge is 0.261 e. The molecule has 0 aliphatic carbocycles. The number of hydrogen-bond acceptors (Lipinski definition) is 5. The summed E-state index contributed by atoms with van der Waals surface area (Å²) in [4.78, 5) is 12.9. The van der Waals surface area contributed by atoms with Crippen molar-refractivity contribution in [3.63, 3.8) is 0 Å². The van der Waals surface area contributed by atoms with Crippen molar-refractivity contribution in [1.82, 2.24) is 0 Å². The Morgan fingerprint density at radius 2 is 1.18 bits per heavy atom. The second-order valence-electron chi connectivity index (χ2n) is 8.55. The van der Waals surface area contributed by atoms with E-state index in [2.05, 4.69) is 14.8 Å². The molecule has 0 radical (unpaired) electrons. The molecule has 196 valence electrons. The highest BCUT2D eigenvalue weighted by molar-refractivity contribution is 7.93. The van der Waals surface area contributed by atoms with Crippen LogP contribution in [0.15, 0.2) is 101 Å². The molecule has 1 amide bonds. The van der Waals surface area contributed by atoms with Crippen LogP contribution in [0.3, 0.4) is 0 Å². The Morgan fingerprint density at radius 1 is 0.658 bits per heavy atom. The van der Waals surface area contributed by atoms with E-state index >= 15 is 0 Å². The van der Waals surface area contributed by atoms with Gasteiger partial charge >= 0.3 is 0 Å². The van der Waals surface area contributed by atoms with Crippen molar-refractivity contribution in [2.75, 3.05) is 14.8 Å². The van der Waals surface area contributed by atoms with Crippen molar-refractivity contribution >= 4 is 54.6 Å². The average Bonchev–Trinajstić information content (AvgIpc) is 2.86. The highest BCUT2D eigenvalue weighted by atomic mass is 35.5. The maximum absolute atomic E-state index is 12.8. The maximum Gasteiger partial charge on any atom is 0.261 e. The molecule has 0 bridgehead atoms. The van der Waals surface area contributed by atoms with Crippen LogP contribution in [0.4, 0.5) is 17.1 Å². The zero-order valence-corrected chi connectivity index (χ0v) is 22.8. The Labute approximate surface area is 226 Å². The molecule has 11 heteroatoms. The number of sulfonamides is 2. The van der Waals surface area contributed by atoms with Crippen molar-refractivity contribution in [2.45, 2.75) is 23.6 Å². The molecular weight excluding hydrogens is 546 g/mol. The molecule has 4 aromatic carbocycles. The van der Waals surface area contributed by atoms with Crippen LogP contribution in [0.1, 0.15) is 21.5 Å². The van der Waals surface area contributed by atoms with Crippen molar-refractivity contribution in [1.29, 1.82) is 0 Å². The van der Waals surface area contributed by atoms with Crippen LogP contribution in [0.5, 0.6) is 0 Å². The van der Waals surface area contributed by atoms with E-state index in [1.165, 1.54) is 60.7 Å². The normalized spacial score (nSPS) is 11.6. The summed E-state index contributed by atoms with van der Waals surface area (Å²) in [6, 6.07) is 22.9. The Balaban J connectivity index is 1.44. The summed E-state index contributed by atoms with van der Waals surface area (Å²) >= 11 is 6.07. The largest absolute Gasteiger partial charge is 0.322 e. The molecule has 4 rings (SSSR count). The van der Waals surface area contributed by atoms with Crippen molar-refractivity contribution in [3.8, 4) is 0 Å². The minimum atomic E-state index is -3.88. The predicted molar refractivity (Wildman–Crippen MR) is 150 cm³/mol. The van der Waals surface area contributed by atoms with Gasteiger partial charge < -0.3 is 5.32 Å². The Bertz CT molecular complexity index is 1700. The van der Waals surface area contributed by atoms with Gasteiger partial charge in [0.15, 0.2) is 0 Å². The first-order valence-electron chi connectivity index (χ1n) is 11.3. The molecule has 0 spiro atoms. The number of hydrogen-bond donors (Lipinski definition) is 3. The van der Waals surface area contributed by atoms with Gasteiger partial charge in [0.25, 0.3) is 26.0 Å². The first-order valence-corrected chi connectivity index (χ1v) is 14.7. The summed E-state index contributed by atoms with van der Waals surface area (Å²) in [5.74, 6) is -0.496. The third-order valence-electron chi connectivity index (χ3n) is 5.55. The Kier molecular flexibility index (Phi) is 7.77. The monoisotopic (exact) mass is 569 g/mol. The molecule has 0 aromatic heterocycles. The molecule has 3 N–H and O–H groups in total. The van der Waals surface area contributed by atoms with E-state index in [9.17, 15) is 21.6 Å². The molecule has 0 unspecified atom stereocenters. The van der Waals surface area contributed by atoms with Gasteiger partial charge in [-0.25, -0.2) is 16.8 Å². The van der Waals surface area contributed by atoms with E-state index in [0.717, 1.165) is 11.1 Å². The number of halogens is 1. The maximum atomic E-state index is 12.8.